The molecule has 0 unspecified atom stereocenters. The van der Waals surface area contributed by atoms with Gasteiger partial charge in [0, 0.05) is 11.8 Å². The van der Waals surface area contributed by atoms with Crippen molar-refractivity contribution in [2.75, 3.05) is 0 Å². The van der Waals surface area contributed by atoms with Crippen LogP contribution in [0.15, 0.2) is 35.3 Å². The van der Waals surface area contributed by atoms with Crippen LogP contribution in [0.4, 0.5) is 8.78 Å². The molecular weight excluding hydrogens is 250 g/mol. The van der Waals surface area contributed by atoms with Gasteiger partial charge in [0.05, 0.1) is 5.69 Å². The first-order chi connectivity index (χ1) is 8.09. The second-order valence-corrected chi connectivity index (χ2v) is 3.61. The molecule has 0 aliphatic carbocycles. The third-order valence-electron chi connectivity index (χ3n) is 2.09. The van der Waals surface area contributed by atoms with Gasteiger partial charge in [0.25, 0.3) is 12.0 Å². The molecule has 1 aromatic heterocycles. The summed E-state index contributed by atoms with van der Waals surface area (Å²) in [5.41, 5.74) is -0.622. The van der Waals surface area contributed by atoms with Crippen LogP contribution in [0.1, 0.15) is 12.0 Å². The van der Waals surface area contributed by atoms with Gasteiger partial charge in [-0.25, -0.2) is 8.78 Å². The van der Waals surface area contributed by atoms with Crippen LogP contribution < -0.4 is 5.56 Å². The highest BCUT2D eigenvalue weighted by Crippen LogP contribution is 2.19. The van der Waals surface area contributed by atoms with Gasteiger partial charge in [0.15, 0.2) is 0 Å². The van der Waals surface area contributed by atoms with Gasteiger partial charge in [-0.15, -0.1) is 0 Å². The number of rotatable bonds is 2. The van der Waals surface area contributed by atoms with Crippen molar-refractivity contribution in [2.45, 2.75) is 6.43 Å². The summed E-state index contributed by atoms with van der Waals surface area (Å²) in [6, 6.07) is 7.64. The Morgan fingerprint density at radius 3 is 2.88 bits per heavy atom. The molecule has 0 aliphatic rings. The Morgan fingerprint density at radius 1 is 1.41 bits per heavy atom. The van der Waals surface area contributed by atoms with E-state index in [0.717, 1.165) is 10.7 Å². The van der Waals surface area contributed by atoms with Gasteiger partial charge in [-0.05, 0) is 24.3 Å². The third kappa shape index (κ3) is 2.34. The number of benzene rings is 1. The molecule has 1 aromatic carbocycles. The molecule has 0 N–H and O–H groups in total. The molecule has 0 atom stereocenters. The zero-order chi connectivity index (χ0) is 12.4. The highest BCUT2D eigenvalue weighted by atomic mass is 35.5. The van der Waals surface area contributed by atoms with Gasteiger partial charge in [-0.3, -0.25) is 4.79 Å². The highest BCUT2D eigenvalue weighted by molar-refractivity contribution is 6.30. The van der Waals surface area contributed by atoms with E-state index in [-0.39, 0.29) is 16.3 Å². The topological polar surface area (TPSA) is 34.9 Å². The molecule has 0 amide bonds. The Bertz CT molecular complexity index is 598. The number of aromatic nitrogens is 2. The second-order valence-electron chi connectivity index (χ2n) is 3.20. The SMILES string of the molecule is O=c1c(Cl)ccnn1-c1cc[c]c(C(F)F)c1. The van der Waals surface area contributed by atoms with Gasteiger partial charge in [0.1, 0.15) is 5.02 Å². The molecule has 0 fully saturated rings. The smallest absolute Gasteiger partial charge is 0.266 e. The lowest BCUT2D eigenvalue weighted by Crippen LogP contribution is -2.20. The zero-order valence-electron chi connectivity index (χ0n) is 8.40. The average Bonchev–Trinajstić information content (AvgIpc) is 2.33. The normalized spacial score (nSPS) is 10.8. The summed E-state index contributed by atoms with van der Waals surface area (Å²) in [5, 5.41) is 3.75. The molecule has 1 radical (unpaired) electrons. The molecule has 0 saturated carbocycles. The van der Waals surface area contributed by atoms with Crippen molar-refractivity contribution in [1.82, 2.24) is 9.78 Å². The maximum atomic E-state index is 12.5. The molecule has 0 aliphatic heterocycles. The lowest BCUT2D eigenvalue weighted by molar-refractivity contribution is 0.151. The average molecular weight is 256 g/mol. The summed E-state index contributed by atoms with van der Waals surface area (Å²) in [6.45, 7) is 0. The van der Waals surface area contributed by atoms with Crippen LogP contribution >= 0.6 is 11.6 Å². The summed E-state index contributed by atoms with van der Waals surface area (Å²) < 4.78 is 25.9. The highest BCUT2D eigenvalue weighted by Gasteiger charge is 2.10. The van der Waals surface area contributed by atoms with E-state index >= 15 is 0 Å². The van der Waals surface area contributed by atoms with E-state index in [4.69, 9.17) is 11.6 Å². The van der Waals surface area contributed by atoms with Gasteiger partial charge in [-0.1, -0.05) is 17.7 Å². The Morgan fingerprint density at radius 2 is 2.18 bits per heavy atom. The minimum absolute atomic E-state index is 0.0218. The van der Waals surface area contributed by atoms with Crippen LogP contribution in [0, 0.1) is 6.07 Å². The van der Waals surface area contributed by atoms with Gasteiger partial charge in [-0.2, -0.15) is 9.78 Å². The van der Waals surface area contributed by atoms with Crippen LogP contribution in [0.2, 0.25) is 5.02 Å². The van der Waals surface area contributed by atoms with E-state index in [0.29, 0.717) is 0 Å². The molecule has 3 nitrogen and oxygen atoms in total. The minimum atomic E-state index is -2.65. The quantitative estimate of drug-likeness (QED) is 0.827. The largest absolute Gasteiger partial charge is 0.290 e. The molecule has 0 saturated heterocycles. The van der Waals surface area contributed by atoms with E-state index in [1.807, 2.05) is 0 Å². The second kappa shape index (κ2) is 4.63. The van der Waals surface area contributed by atoms with E-state index < -0.39 is 12.0 Å². The fourth-order valence-corrected chi connectivity index (χ4v) is 1.44. The first-order valence-corrected chi connectivity index (χ1v) is 5.01. The maximum absolute atomic E-state index is 12.5. The number of halogens is 3. The maximum Gasteiger partial charge on any atom is 0.290 e. The molecule has 2 aromatic rings. The first-order valence-electron chi connectivity index (χ1n) is 4.63. The molecule has 6 heteroatoms. The van der Waals surface area contributed by atoms with Crippen molar-refractivity contribution in [3.05, 3.63) is 57.5 Å². The third-order valence-corrected chi connectivity index (χ3v) is 2.37. The Labute approximate surface area is 100 Å². The van der Waals surface area contributed by atoms with Crippen LogP contribution in [0.25, 0.3) is 5.69 Å². The fraction of sp³-hybridized carbons (Fsp3) is 0.0909. The summed E-state index contributed by atoms with van der Waals surface area (Å²) in [5.74, 6) is 0. The Balaban J connectivity index is 2.57. The van der Waals surface area contributed by atoms with Crippen molar-refractivity contribution in [3.63, 3.8) is 0 Å². The monoisotopic (exact) mass is 255 g/mol. The van der Waals surface area contributed by atoms with Gasteiger partial charge in [0.2, 0.25) is 0 Å². The summed E-state index contributed by atoms with van der Waals surface area (Å²) in [7, 11) is 0. The molecule has 0 bridgehead atoms. The predicted octanol–water partition coefficient (Wildman–Crippen LogP) is 2.62. The van der Waals surface area contributed by atoms with E-state index in [1.54, 1.807) is 0 Å². The van der Waals surface area contributed by atoms with Gasteiger partial charge < -0.3 is 0 Å². The van der Waals surface area contributed by atoms with Crippen LogP contribution in [-0.4, -0.2) is 9.78 Å². The van der Waals surface area contributed by atoms with Crippen molar-refractivity contribution in [2.24, 2.45) is 0 Å². The fourth-order valence-electron chi connectivity index (χ4n) is 1.30. The molecule has 17 heavy (non-hydrogen) atoms. The summed E-state index contributed by atoms with van der Waals surface area (Å²) in [6.07, 6.45) is -1.33. The van der Waals surface area contributed by atoms with Gasteiger partial charge >= 0.3 is 0 Å². The van der Waals surface area contributed by atoms with E-state index in [2.05, 4.69) is 11.2 Å². The van der Waals surface area contributed by atoms with Crippen LogP contribution in [-0.2, 0) is 0 Å². The van der Waals surface area contributed by atoms with Crippen molar-refractivity contribution in [3.8, 4) is 5.69 Å². The van der Waals surface area contributed by atoms with E-state index in [1.165, 1.54) is 24.4 Å². The van der Waals surface area contributed by atoms with E-state index in [9.17, 15) is 13.6 Å². The van der Waals surface area contributed by atoms with Crippen molar-refractivity contribution >= 4 is 11.6 Å². The van der Waals surface area contributed by atoms with Crippen LogP contribution in [0.3, 0.4) is 0 Å². The van der Waals surface area contributed by atoms with Crippen molar-refractivity contribution in [1.29, 1.82) is 0 Å². The lowest BCUT2D eigenvalue weighted by Gasteiger charge is -2.06. The number of hydrogen-bond donors (Lipinski definition) is 0. The summed E-state index contributed by atoms with van der Waals surface area (Å²) in [4.78, 5) is 11.6. The Kier molecular flexibility index (Phi) is 3.19. The molecule has 0 spiro atoms. The number of hydrogen-bond acceptors (Lipinski definition) is 2. The first kappa shape index (κ1) is 11.7. The lowest BCUT2D eigenvalue weighted by atomic mass is 10.2. The number of alkyl halides is 2. The standard InChI is InChI=1S/C11H6ClF2N2O/c12-9-4-5-15-16(11(9)17)8-3-1-2-7(6-8)10(13)14/h1,3-6,10H. The molecule has 2 rings (SSSR count). The summed E-state index contributed by atoms with van der Waals surface area (Å²) >= 11 is 5.64. The van der Waals surface area contributed by atoms with Crippen LogP contribution in [0.5, 0.6) is 0 Å². The predicted molar refractivity (Wildman–Crippen MR) is 58.6 cm³/mol. The Hall–Kier alpha value is -1.75. The minimum Gasteiger partial charge on any atom is -0.266 e. The number of nitrogens with zero attached hydrogens (tertiary/aromatic N) is 2. The molecule has 1 heterocycles. The zero-order valence-corrected chi connectivity index (χ0v) is 9.16. The van der Waals surface area contributed by atoms with Crippen molar-refractivity contribution < 1.29 is 8.78 Å². The molecule has 87 valence electrons. The molecular formula is C11H6ClF2N2O.